The Morgan fingerprint density at radius 3 is 3.00 bits per heavy atom. The minimum Gasteiger partial charge on any atom is -0.491 e. The zero-order valence-corrected chi connectivity index (χ0v) is 17.6. The van der Waals surface area contributed by atoms with E-state index in [2.05, 4.69) is 25.9 Å². The number of nitrogens with zero attached hydrogens (tertiary/aromatic N) is 3. The highest BCUT2D eigenvalue weighted by Gasteiger charge is 2.15. The Labute approximate surface area is 184 Å². The van der Waals surface area contributed by atoms with E-state index in [0.29, 0.717) is 18.4 Å². The second kappa shape index (κ2) is 8.10. The Kier molecular flexibility index (Phi) is 4.98. The lowest BCUT2D eigenvalue weighted by Crippen LogP contribution is -2.15. The van der Waals surface area contributed by atoms with Gasteiger partial charge in [0.25, 0.3) is 5.91 Å². The molecule has 0 spiro atoms. The molecule has 9 heteroatoms. The summed E-state index contributed by atoms with van der Waals surface area (Å²) in [6, 6.07) is 13.7. The Hall–Kier alpha value is -4.27. The van der Waals surface area contributed by atoms with E-state index >= 15 is 0 Å². The van der Waals surface area contributed by atoms with E-state index in [4.69, 9.17) is 10.5 Å². The topological polar surface area (TPSA) is 119 Å². The first-order valence-corrected chi connectivity index (χ1v) is 10.3. The molecule has 162 valence electrons. The van der Waals surface area contributed by atoms with Crippen molar-refractivity contribution < 1.29 is 9.53 Å². The lowest BCUT2D eigenvalue weighted by Gasteiger charge is -2.14. The standard InChI is InChI=1S/C23H23N7O2/c1-30-10-8-15-17(4-2-5-19(15)30)28-22-16(21(24)31)13-26-23(29-22)27-14-6-7-20-18(12-14)25-9-3-11-32-20/h2,4-8,10,12-13,25H,3,9,11H2,1H3,(H2,24,31)(H2,26,27,28,29). The summed E-state index contributed by atoms with van der Waals surface area (Å²) in [6.07, 6.45) is 4.35. The van der Waals surface area contributed by atoms with Crippen LogP contribution in [0.4, 0.5) is 28.8 Å². The minimum atomic E-state index is -0.606. The highest BCUT2D eigenvalue weighted by molar-refractivity contribution is 6.00. The Morgan fingerprint density at radius 2 is 2.12 bits per heavy atom. The molecule has 4 aromatic rings. The van der Waals surface area contributed by atoms with Crippen molar-refractivity contribution in [3.05, 3.63) is 60.4 Å². The van der Waals surface area contributed by atoms with Crippen molar-refractivity contribution in [1.29, 1.82) is 0 Å². The number of nitrogens with two attached hydrogens (primary N) is 1. The number of benzene rings is 2. The predicted octanol–water partition coefficient (Wildman–Crippen LogP) is 3.75. The van der Waals surface area contributed by atoms with Crippen LogP contribution in [-0.4, -0.2) is 33.6 Å². The molecule has 0 aliphatic carbocycles. The lowest BCUT2D eigenvalue weighted by atomic mass is 10.2. The van der Waals surface area contributed by atoms with E-state index in [1.807, 2.05) is 60.3 Å². The summed E-state index contributed by atoms with van der Waals surface area (Å²) in [6.45, 7) is 1.53. The highest BCUT2D eigenvalue weighted by atomic mass is 16.5. The van der Waals surface area contributed by atoms with Crippen LogP contribution in [0.1, 0.15) is 16.8 Å². The van der Waals surface area contributed by atoms with Gasteiger partial charge < -0.3 is 31.0 Å². The first-order chi connectivity index (χ1) is 15.6. The first kappa shape index (κ1) is 19.7. The number of fused-ring (bicyclic) bond motifs is 2. The summed E-state index contributed by atoms with van der Waals surface area (Å²) in [5.41, 5.74) is 9.37. The van der Waals surface area contributed by atoms with Crippen LogP contribution >= 0.6 is 0 Å². The number of primary amides is 1. The first-order valence-electron chi connectivity index (χ1n) is 10.3. The van der Waals surface area contributed by atoms with Crippen LogP contribution in [0.3, 0.4) is 0 Å². The van der Waals surface area contributed by atoms with Crippen LogP contribution in [0.25, 0.3) is 10.9 Å². The smallest absolute Gasteiger partial charge is 0.254 e. The molecule has 32 heavy (non-hydrogen) atoms. The van der Waals surface area contributed by atoms with Crippen molar-refractivity contribution in [3.63, 3.8) is 0 Å². The monoisotopic (exact) mass is 429 g/mol. The maximum absolute atomic E-state index is 12.0. The second-order valence-corrected chi connectivity index (χ2v) is 7.57. The van der Waals surface area contributed by atoms with Crippen molar-refractivity contribution >= 4 is 45.6 Å². The van der Waals surface area contributed by atoms with Gasteiger partial charge in [-0.25, -0.2) is 4.98 Å². The number of rotatable bonds is 5. The number of amides is 1. The summed E-state index contributed by atoms with van der Waals surface area (Å²) < 4.78 is 7.76. The minimum absolute atomic E-state index is 0.209. The van der Waals surface area contributed by atoms with Gasteiger partial charge in [0.1, 0.15) is 17.1 Å². The van der Waals surface area contributed by atoms with E-state index in [-0.39, 0.29) is 5.56 Å². The molecule has 5 rings (SSSR count). The maximum Gasteiger partial charge on any atom is 0.254 e. The fourth-order valence-electron chi connectivity index (χ4n) is 3.73. The molecule has 5 N–H and O–H groups in total. The average Bonchev–Trinajstić information content (AvgIpc) is 3.01. The second-order valence-electron chi connectivity index (χ2n) is 7.57. The molecular formula is C23H23N7O2. The summed E-state index contributed by atoms with van der Waals surface area (Å²) >= 11 is 0. The molecular weight excluding hydrogens is 406 g/mol. The molecule has 9 nitrogen and oxygen atoms in total. The number of aryl methyl sites for hydroxylation is 1. The van der Waals surface area contributed by atoms with Gasteiger partial charge in [0, 0.05) is 48.3 Å². The molecule has 0 radical (unpaired) electrons. The largest absolute Gasteiger partial charge is 0.491 e. The molecule has 0 fully saturated rings. The summed E-state index contributed by atoms with van der Waals surface area (Å²) in [5, 5.41) is 10.8. The normalized spacial score (nSPS) is 12.9. The molecule has 0 bridgehead atoms. The molecule has 3 heterocycles. The SMILES string of the molecule is Cn1ccc2c(Nc3nc(Nc4ccc5c(c4)NCCCO5)ncc3C(N)=O)cccc21. The van der Waals surface area contributed by atoms with Crippen molar-refractivity contribution in [2.45, 2.75) is 6.42 Å². The average molecular weight is 429 g/mol. The maximum atomic E-state index is 12.0. The number of nitrogens with one attached hydrogen (secondary N) is 3. The Balaban J connectivity index is 1.47. The van der Waals surface area contributed by atoms with Crippen LogP contribution in [-0.2, 0) is 7.05 Å². The summed E-state index contributed by atoms with van der Waals surface area (Å²) in [4.78, 5) is 20.8. The number of ether oxygens (including phenoxy) is 1. The number of anilines is 5. The number of aromatic nitrogens is 3. The Morgan fingerprint density at radius 1 is 1.22 bits per heavy atom. The van der Waals surface area contributed by atoms with E-state index in [0.717, 1.165) is 46.7 Å². The van der Waals surface area contributed by atoms with Gasteiger partial charge in [0.15, 0.2) is 0 Å². The summed E-state index contributed by atoms with van der Waals surface area (Å²) in [7, 11) is 1.98. The number of hydrogen-bond donors (Lipinski definition) is 4. The molecule has 2 aromatic carbocycles. The molecule has 1 aliphatic rings. The van der Waals surface area contributed by atoms with Crippen molar-refractivity contribution in [2.24, 2.45) is 12.8 Å². The van der Waals surface area contributed by atoms with Crippen molar-refractivity contribution in [1.82, 2.24) is 14.5 Å². The molecule has 1 aliphatic heterocycles. The van der Waals surface area contributed by atoms with Crippen molar-refractivity contribution in [2.75, 3.05) is 29.1 Å². The van der Waals surface area contributed by atoms with Crippen LogP contribution in [0.15, 0.2) is 54.9 Å². The quantitative estimate of drug-likeness (QED) is 0.381. The van der Waals surface area contributed by atoms with Crippen LogP contribution in [0.5, 0.6) is 5.75 Å². The third-order valence-corrected chi connectivity index (χ3v) is 5.37. The van der Waals surface area contributed by atoms with E-state index in [1.54, 1.807) is 0 Å². The molecule has 1 amide bonds. The third-order valence-electron chi connectivity index (χ3n) is 5.37. The fourth-order valence-corrected chi connectivity index (χ4v) is 3.73. The molecule has 0 unspecified atom stereocenters. The number of carbonyl (C=O) groups excluding carboxylic acids is 1. The van der Waals surface area contributed by atoms with E-state index in [1.165, 1.54) is 6.20 Å². The Bertz CT molecular complexity index is 1320. The van der Waals surface area contributed by atoms with Gasteiger partial charge in [-0.05, 0) is 42.8 Å². The predicted molar refractivity (Wildman–Crippen MR) is 125 cm³/mol. The van der Waals surface area contributed by atoms with Crippen LogP contribution in [0.2, 0.25) is 0 Å². The van der Waals surface area contributed by atoms with Gasteiger partial charge in [-0.3, -0.25) is 4.79 Å². The van der Waals surface area contributed by atoms with Gasteiger partial charge in [0.05, 0.1) is 12.3 Å². The van der Waals surface area contributed by atoms with Crippen molar-refractivity contribution in [3.8, 4) is 5.75 Å². The fraction of sp³-hybridized carbons (Fsp3) is 0.174. The van der Waals surface area contributed by atoms with Gasteiger partial charge in [0.2, 0.25) is 5.95 Å². The lowest BCUT2D eigenvalue weighted by molar-refractivity contribution is 0.100. The zero-order valence-electron chi connectivity index (χ0n) is 17.6. The summed E-state index contributed by atoms with van der Waals surface area (Å²) in [5.74, 6) is 0.886. The zero-order chi connectivity index (χ0) is 22.1. The molecule has 0 saturated carbocycles. The third kappa shape index (κ3) is 3.76. The number of hydrogen-bond acceptors (Lipinski definition) is 7. The number of carbonyl (C=O) groups is 1. The van der Waals surface area contributed by atoms with Crippen LogP contribution < -0.4 is 26.4 Å². The highest BCUT2D eigenvalue weighted by Crippen LogP contribution is 2.31. The van der Waals surface area contributed by atoms with E-state index < -0.39 is 5.91 Å². The van der Waals surface area contributed by atoms with Gasteiger partial charge in [-0.15, -0.1) is 0 Å². The van der Waals surface area contributed by atoms with Crippen LogP contribution in [0, 0.1) is 0 Å². The van der Waals surface area contributed by atoms with Gasteiger partial charge >= 0.3 is 0 Å². The molecule has 2 aromatic heterocycles. The molecule has 0 atom stereocenters. The molecule has 0 saturated heterocycles. The van der Waals surface area contributed by atoms with Gasteiger partial charge in [-0.1, -0.05) is 6.07 Å². The van der Waals surface area contributed by atoms with Gasteiger partial charge in [-0.2, -0.15) is 4.98 Å². The van der Waals surface area contributed by atoms with E-state index in [9.17, 15) is 4.79 Å².